The van der Waals surface area contributed by atoms with Gasteiger partial charge < -0.3 is 0 Å². The average molecular weight is 265 g/mol. The molecule has 0 saturated carbocycles. The van der Waals surface area contributed by atoms with Crippen molar-refractivity contribution in [2.45, 2.75) is 32.9 Å². The molecule has 6 heteroatoms. The quantitative estimate of drug-likeness (QED) is 0.616. The molecule has 0 aromatic carbocycles. The largest absolute Gasteiger partial charge is 0.271 e. The topological polar surface area (TPSA) is 68.8 Å². The Labute approximate surface area is 111 Å². The van der Waals surface area contributed by atoms with Gasteiger partial charge in [0.2, 0.25) is 0 Å². The third-order valence-electron chi connectivity index (χ3n) is 2.71. The van der Waals surface area contributed by atoms with Gasteiger partial charge in [0.15, 0.2) is 0 Å². The molecule has 0 saturated heterocycles. The van der Waals surface area contributed by atoms with Crippen LogP contribution in [0.25, 0.3) is 0 Å². The highest BCUT2D eigenvalue weighted by molar-refractivity contribution is 7.10. The van der Waals surface area contributed by atoms with Gasteiger partial charge in [0.1, 0.15) is 12.2 Å². The highest BCUT2D eigenvalue weighted by Crippen LogP contribution is 2.21. The van der Waals surface area contributed by atoms with E-state index in [9.17, 15) is 0 Å². The molecule has 98 valence electrons. The van der Waals surface area contributed by atoms with E-state index < -0.39 is 0 Å². The lowest BCUT2D eigenvalue weighted by atomic mass is 10.1. The Hall–Kier alpha value is -1.24. The van der Waals surface area contributed by atoms with Gasteiger partial charge in [-0.2, -0.15) is 5.10 Å². The minimum absolute atomic E-state index is 0.0973. The number of rotatable bonds is 6. The molecular weight excluding hydrogens is 246 g/mol. The van der Waals surface area contributed by atoms with Crippen LogP contribution in [0.15, 0.2) is 23.8 Å². The SMILES string of the molecule is CC(C)Cn1ncnc1CC(NN)c1cccs1. The minimum Gasteiger partial charge on any atom is -0.271 e. The second-order valence-electron chi connectivity index (χ2n) is 4.69. The molecule has 0 spiro atoms. The first kappa shape index (κ1) is 13.2. The molecular formula is C12H19N5S. The second kappa shape index (κ2) is 6.08. The molecule has 5 nitrogen and oxygen atoms in total. The molecule has 18 heavy (non-hydrogen) atoms. The van der Waals surface area contributed by atoms with E-state index in [2.05, 4.69) is 40.8 Å². The summed E-state index contributed by atoms with van der Waals surface area (Å²) in [5.41, 5.74) is 2.85. The summed E-state index contributed by atoms with van der Waals surface area (Å²) in [7, 11) is 0. The Bertz CT molecular complexity index is 463. The van der Waals surface area contributed by atoms with Crippen molar-refractivity contribution in [2.75, 3.05) is 0 Å². The molecule has 2 heterocycles. The average Bonchev–Trinajstić information content (AvgIpc) is 2.96. The van der Waals surface area contributed by atoms with E-state index in [1.807, 2.05) is 10.7 Å². The van der Waals surface area contributed by atoms with E-state index >= 15 is 0 Å². The van der Waals surface area contributed by atoms with Crippen LogP contribution >= 0.6 is 11.3 Å². The number of hydrazine groups is 1. The molecule has 2 aromatic heterocycles. The number of hydrogen-bond donors (Lipinski definition) is 2. The second-order valence-corrected chi connectivity index (χ2v) is 5.67. The maximum atomic E-state index is 5.63. The molecule has 3 N–H and O–H groups in total. The summed E-state index contributed by atoms with van der Waals surface area (Å²) in [5, 5.41) is 6.32. The normalized spacial score (nSPS) is 13.1. The molecule has 0 aliphatic heterocycles. The number of nitrogens with one attached hydrogen (secondary N) is 1. The molecule has 1 atom stereocenters. The zero-order valence-electron chi connectivity index (χ0n) is 10.7. The summed E-state index contributed by atoms with van der Waals surface area (Å²) in [4.78, 5) is 5.55. The lowest BCUT2D eigenvalue weighted by Crippen LogP contribution is -2.30. The van der Waals surface area contributed by atoms with Crippen LogP contribution in [0.2, 0.25) is 0 Å². The van der Waals surface area contributed by atoms with Gasteiger partial charge in [-0.05, 0) is 17.4 Å². The molecule has 0 fully saturated rings. The Morgan fingerprint density at radius 3 is 2.94 bits per heavy atom. The highest BCUT2D eigenvalue weighted by atomic mass is 32.1. The molecule has 2 rings (SSSR count). The fraction of sp³-hybridized carbons (Fsp3) is 0.500. The lowest BCUT2D eigenvalue weighted by Gasteiger charge is -2.15. The van der Waals surface area contributed by atoms with Crippen LogP contribution in [0.1, 0.15) is 30.6 Å². The van der Waals surface area contributed by atoms with Crippen molar-refractivity contribution in [3.8, 4) is 0 Å². The number of nitrogens with two attached hydrogens (primary N) is 1. The highest BCUT2D eigenvalue weighted by Gasteiger charge is 2.15. The van der Waals surface area contributed by atoms with Gasteiger partial charge >= 0.3 is 0 Å². The number of hydrogen-bond acceptors (Lipinski definition) is 5. The zero-order chi connectivity index (χ0) is 13.0. The molecule has 0 bridgehead atoms. The Kier molecular flexibility index (Phi) is 4.46. The van der Waals surface area contributed by atoms with E-state index in [0.717, 1.165) is 18.8 Å². The fourth-order valence-corrected chi connectivity index (χ4v) is 2.65. The zero-order valence-corrected chi connectivity index (χ0v) is 11.5. The van der Waals surface area contributed by atoms with Crippen LogP contribution < -0.4 is 11.3 Å². The van der Waals surface area contributed by atoms with E-state index in [-0.39, 0.29) is 6.04 Å². The van der Waals surface area contributed by atoms with E-state index in [0.29, 0.717) is 5.92 Å². The van der Waals surface area contributed by atoms with Crippen molar-refractivity contribution in [3.63, 3.8) is 0 Å². The summed E-state index contributed by atoms with van der Waals surface area (Å²) in [5.74, 6) is 7.16. The van der Waals surface area contributed by atoms with Gasteiger partial charge in [-0.25, -0.2) is 9.67 Å². The molecule has 0 radical (unpaired) electrons. The Morgan fingerprint density at radius 2 is 2.33 bits per heavy atom. The van der Waals surface area contributed by atoms with Crippen molar-refractivity contribution in [1.29, 1.82) is 0 Å². The van der Waals surface area contributed by atoms with E-state index in [1.54, 1.807) is 17.7 Å². The molecule has 1 unspecified atom stereocenters. The van der Waals surface area contributed by atoms with Crippen molar-refractivity contribution < 1.29 is 0 Å². The minimum atomic E-state index is 0.0973. The van der Waals surface area contributed by atoms with Gasteiger partial charge in [-0.3, -0.25) is 11.3 Å². The Balaban J connectivity index is 2.10. The first-order chi connectivity index (χ1) is 8.70. The van der Waals surface area contributed by atoms with E-state index in [1.165, 1.54) is 4.88 Å². The summed E-state index contributed by atoms with van der Waals surface area (Å²) in [6.07, 6.45) is 2.36. The third kappa shape index (κ3) is 3.16. The summed E-state index contributed by atoms with van der Waals surface area (Å²) in [6, 6.07) is 4.21. The van der Waals surface area contributed by atoms with Crippen LogP contribution in [0.4, 0.5) is 0 Å². The number of nitrogens with zero attached hydrogens (tertiary/aromatic N) is 3. The summed E-state index contributed by atoms with van der Waals surface area (Å²) >= 11 is 1.70. The standard InChI is InChI=1S/C12H19N5S/c1-9(2)7-17-12(14-8-15-17)6-10(16-13)11-4-3-5-18-11/h3-5,8-10,16H,6-7,13H2,1-2H3. The van der Waals surface area contributed by atoms with Gasteiger partial charge in [-0.1, -0.05) is 19.9 Å². The lowest BCUT2D eigenvalue weighted by molar-refractivity contribution is 0.448. The van der Waals surface area contributed by atoms with Gasteiger partial charge in [0, 0.05) is 17.8 Å². The van der Waals surface area contributed by atoms with Crippen LogP contribution in [-0.4, -0.2) is 14.8 Å². The molecule has 2 aromatic rings. The van der Waals surface area contributed by atoms with Crippen LogP contribution in [0, 0.1) is 5.92 Å². The maximum absolute atomic E-state index is 5.63. The van der Waals surface area contributed by atoms with Crippen molar-refractivity contribution in [3.05, 3.63) is 34.5 Å². The summed E-state index contributed by atoms with van der Waals surface area (Å²) < 4.78 is 1.96. The third-order valence-corrected chi connectivity index (χ3v) is 3.69. The van der Waals surface area contributed by atoms with Crippen molar-refractivity contribution in [2.24, 2.45) is 11.8 Å². The first-order valence-electron chi connectivity index (χ1n) is 6.07. The van der Waals surface area contributed by atoms with E-state index in [4.69, 9.17) is 5.84 Å². The molecule has 0 aliphatic carbocycles. The first-order valence-corrected chi connectivity index (χ1v) is 6.95. The van der Waals surface area contributed by atoms with Gasteiger partial charge in [0.05, 0.1) is 6.04 Å². The molecule has 0 amide bonds. The Morgan fingerprint density at radius 1 is 1.50 bits per heavy atom. The van der Waals surface area contributed by atoms with Crippen LogP contribution in [-0.2, 0) is 13.0 Å². The number of thiophene rings is 1. The predicted molar refractivity (Wildman–Crippen MR) is 72.9 cm³/mol. The van der Waals surface area contributed by atoms with Crippen molar-refractivity contribution >= 4 is 11.3 Å². The maximum Gasteiger partial charge on any atom is 0.138 e. The fourth-order valence-electron chi connectivity index (χ4n) is 1.86. The molecule has 0 aliphatic rings. The predicted octanol–water partition coefficient (Wildman–Crippen LogP) is 1.74. The number of aromatic nitrogens is 3. The van der Waals surface area contributed by atoms with Gasteiger partial charge in [0.25, 0.3) is 0 Å². The van der Waals surface area contributed by atoms with Crippen LogP contribution in [0.5, 0.6) is 0 Å². The summed E-state index contributed by atoms with van der Waals surface area (Å²) in [6.45, 7) is 5.23. The van der Waals surface area contributed by atoms with Crippen molar-refractivity contribution in [1.82, 2.24) is 20.2 Å². The smallest absolute Gasteiger partial charge is 0.138 e. The van der Waals surface area contributed by atoms with Crippen LogP contribution in [0.3, 0.4) is 0 Å². The monoisotopic (exact) mass is 265 g/mol. The van der Waals surface area contributed by atoms with Gasteiger partial charge in [-0.15, -0.1) is 11.3 Å².